The lowest BCUT2D eigenvalue weighted by Gasteiger charge is -2.21. The van der Waals surface area contributed by atoms with Crippen LogP contribution in [0.15, 0.2) is 9.59 Å². The van der Waals surface area contributed by atoms with Crippen LogP contribution in [0.4, 0.5) is 0 Å². The molecule has 9 nitrogen and oxygen atoms in total. The number of rotatable bonds is 8. The van der Waals surface area contributed by atoms with Gasteiger partial charge in [0.15, 0.2) is 11.2 Å². The van der Waals surface area contributed by atoms with Crippen LogP contribution in [-0.2, 0) is 32.5 Å². The molecule has 0 aliphatic carbocycles. The number of ether oxygens (including phenoxy) is 1. The molecule has 0 unspecified atom stereocenters. The number of fused-ring (bicyclic) bond motifs is 1. The van der Waals surface area contributed by atoms with Gasteiger partial charge in [0.05, 0.1) is 12.7 Å². The summed E-state index contributed by atoms with van der Waals surface area (Å²) in [4.78, 5) is 30.8. The molecular formula is C16H27N5O4. The third kappa shape index (κ3) is 3.83. The van der Waals surface area contributed by atoms with E-state index in [1.807, 2.05) is 13.8 Å². The Hall–Kier alpha value is -1.97. The topological polar surface area (TPSA) is 94.5 Å². The largest absolute Gasteiger partial charge is 0.389 e. The molecule has 0 spiro atoms. The summed E-state index contributed by atoms with van der Waals surface area (Å²) in [6.07, 6.45) is -0.591. The molecule has 25 heavy (non-hydrogen) atoms. The molecule has 2 aromatic heterocycles. The Bertz CT molecular complexity index is 847. The summed E-state index contributed by atoms with van der Waals surface area (Å²) in [5, 5.41) is 10.0. The van der Waals surface area contributed by atoms with Crippen LogP contribution in [-0.4, -0.2) is 61.0 Å². The van der Waals surface area contributed by atoms with Gasteiger partial charge in [0.25, 0.3) is 5.56 Å². The van der Waals surface area contributed by atoms with Crippen LogP contribution in [0.3, 0.4) is 0 Å². The van der Waals surface area contributed by atoms with E-state index in [0.717, 1.165) is 17.7 Å². The molecule has 140 valence electrons. The number of hydrogen-bond acceptors (Lipinski definition) is 6. The van der Waals surface area contributed by atoms with E-state index in [-0.39, 0.29) is 18.8 Å². The highest BCUT2D eigenvalue weighted by molar-refractivity contribution is 5.70. The van der Waals surface area contributed by atoms with Crippen molar-refractivity contribution in [1.29, 1.82) is 0 Å². The fourth-order valence-electron chi connectivity index (χ4n) is 2.81. The number of nitrogens with zero attached hydrogens (tertiary/aromatic N) is 5. The van der Waals surface area contributed by atoms with Crippen molar-refractivity contribution >= 4 is 11.2 Å². The second kappa shape index (κ2) is 7.94. The molecule has 0 saturated carbocycles. The van der Waals surface area contributed by atoms with Gasteiger partial charge in [0.2, 0.25) is 0 Å². The number of aliphatic hydroxyl groups excluding tert-OH is 1. The molecule has 0 amide bonds. The van der Waals surface area contributed by atoms with Crippen molar-refractivity contribution in [3.05, 3.63) is 26.7 Å². The van der Waals surface area contributed by atoms with Crippen molar-refractivity contribution < 1.29 is 9.84 Å². The van der Waals surface area contributed by atoms with Gasteiger partial charge in [-0.1, -0.05) is 13.8 Å². The van der Waals surface area contributed by atoms with E-state index in [4.69, 9.17) is 4.74 Å². The maximum absolute atomic E-state index is 12.3. The number of aryl methyl sites for hydroxylation is 2. The minimum Gasteiger partial charge on any atom is -0.389 e. The van der Waals surface area contributed by atoms with Crippen LogP contribution in [0.25, 0.3) is 11.2 Å². The second-order valence-corrected chi connectivity index (χ2v) is 6.12. The number of imidazole rings is 1. The van der Waals surface area contributed by atoms with E-state index in [1.165, 1.54) is 11.6 Å². The molecule has 0 aromatic carbocycles. The van der Waals surface area contributed by atoms with Gasteiger partial charge in [-0.3, -0.25) is 13.9 Å². The van der Waals surface area contributed by atoms with Crippen molar-refractivity contribution in [3.63, 3.8) is 0 Å². The predicted molar refractivity (Wildman–Crippen MR) is 94.6 cm³/mol. The van der Waals surface area contributed by atoms with Crippen molar-refractivity contribution in [2.75, 3.05) is 26.2 Å². The maximum Gasteiger partial charge on any atom is 0.332 e. The quantitative estimate of drug-likeness (QED) is 0.667. The molecular weight excluding hydrogens is 326 g/mol. The summed E-state index contributed by atoms with van der Waals surface area (Å²) < 4.78 is 9.60. The molecule has 2 rings (SSSR count). The Kier molecular flexibility index (Phi) is 6.15. The molecule has 0 saturated heterocycles. The lowest BCUT2D eigenvalue weighted by Crippen LogP contribution is -2.37. The van der Waals surface area contributed by atoms with E-state index in [2.05, 4.69) is 9.88 Å². The van der Waals surface area contributed by atoms with E-state index in [1.54, 1.807) is 18.7 Å². The number of hydrogen-bond donors (Lipinski definition) is 1. The van der Waals surface area contributed by atoms with Gasteiger partial charge in [-0.2, -0.15) is 0 Å². The van der Waals surface area contributed by atoms with E-state index in [0.29, 0.717) is 23.5 Å². The van der Waals surface area contributed by atoms with Gasteiger partial charge < -0.3 is 19.3 Å². The first-order valence-electron chi connectivity index (χ1n) is 8.41. The van der Waals surface area contributed by atoms with Crippen LogP contribution in [0, 0.1) is 0 Å². The molecule has 0 aliphatic rings. The second-order valence-electron chi connectivity index (χ2n) is 6.12. The number of likely N-dealkylation sites (N-methyl/N-ethyl adjacent to an activating group) is 1. The van der Waals surface area contributed by atoms with Crippen LogP contribution < -0.4 is 11.2 Å². The highest BCUT2D eigenvalue weighted by Crippen LogP contribution is 2.10. The van der Waals surface area contributed by atoms with Crippen molar-refractivity contribution in [2.45, 2.75) is 26.6 Å². The van der Waals surface area contributed by atoms with Crippen LogP contribution in [0.2, 0.25) is 0 Å². The molecule has 1 N–H and O–H groups in total. The zero-order valence-electron chi connectivity index (χ0n) is 15.5. The van der Waals surface area contributed by atoms with Crippen molar-refractivity contribution in [2.24, 2.45) is 21.1 Å². The summed E-state index contributed by atoms with van der Waals surface area (Å²) >= 11 is 0. The molecule has 1 atom stereocenters. The summed E-state index contributed by atoms with van der Waals surface area (Å²) in [5.41, 5.74) is -0.122. The smallest absolute Gasteiger partial charge is 0.332 e. The third-order valence-electron chi connectivity index (χ3n) is 4.47. The fraction of sp³-hybridized carbons (Fsp3) is 0.688. The minimum atomic E-state index is -0.591. The number of aromatic nitrogens is 4. The number of aliphatic hydroxyl groups is 1. The molecule has 2 aromatic rings. The Morgan fingerprint density at radius 1 is 1.12 bits per heavy atom. The maximum atomic E-state index is 12.3. The lowest BCUT2D eigenvalue weighted by atomic mass is 10.3. The van der Waals surface area contributed by atoms with Gasteiger partial charge in [-0.15, -0.1) is 0 Å². The van der Waals surface area contributed by atoms with E-state index in [9.17, 15) is 14.7 Å². The van der Waals surface area contributed by atoms with E-state index >= 15 is 0 Å². The van der Waals surface area contributed by atoms with E-state index < -0.39 is 11.8 Å². The summed E-state index contributed by atoms with van der Waals surface area (Å²) in [6.45, 7) is 6.70. The molecule has 9 heteroatoms. The van der Waals surface area contributed by atoms with Gasteiger partial charge in [0, 0.05) is 27.7 Å². The monoisotopic (exact) mass is 353 g/mol. The minimum absolute atomic E-state index is 0.151. The first kappa shape index (κ1) is 19.4. The van der Waals surface area contributed by atoms with Gasteiger partial charge in [-0.25, -0.2) is 9.78 Å². The highest BCUT2D eigenvalue weighted by Gasteiger charge is 2.17. The Labute approximate surface area is 146 Å². The third-order valence-corrected chi connectivity index (χ3v) is 4.47. The van der Waals surface area contributed by atoms with Gasteiger partial charge in [0.1, 0.15) is 12.4 Å². The van der Waals surface area contributed by atoms with Crippen molar-refractivity contribution in [3.8, 4) is 0 Å². The fourth-order valence-corrected chi connectivity index (χ4v) is 2.81. The zero-order valence-corrected chi connectivity index (χ0v) is 15.5. The first-order valence-corrected chi connectivity index (χ1v) is 8.41. The standard InChI is InChI=1S/C16H27N5O4/c1-6-21(7-2)8-11(22)9-25-10-12-17-14-13(18(12)3)15(23)20(5)16(24)19(14)4/h11,22H,6-10H2,1-5H3/t11-/m1/s1. The van der Waals surface area contributed by atoms with Crippen LogP contribution in [0.1, 0.15) is 19.7 Å². The SMILES string of the molecule is CCN(CC)C[C@@H](O)COCc1nc2c(c(=O)n(C)c(=O)n2C)n1C. The van der Waals surface area contributed by atoms with Gasteiger partial charge >= 0.3 is 5.69 Å². The predicted octanol–water partition coefficient (Wildman–Crippen LogP) is -0.810. The molecule has 0 aliphatic heterocycles. The molecule has 0 bridgehead atoms. The zero-order chi connectivity index (χ0) is 18.7. The Morgan fingerprint density at radius 3 is 2.36 bits per heavy atom. The highest BCUT2D eigenvalue weighted by atomic mass is 16.5. The summed E-state index contributed by atoms with van der Waals surface area (Å²) in [7, 11) is 4.73. The van der Waals surface area contributed by atoms with Crippen molar-refractivity contribution in [1.82, 2.24) is 23.6 Å². The summed E-state index contributed by atoms with van der Waals surface area (Å²) in [5.74, 6) is 0.531. The van der Waals surface area contributed by atoms with Gasteiger partial charge in [-0.05, 0) is 13.1 Å². The average molecular weight is 353 g/mol. The summed E-state index contributed by atoms with van der Waals surface area (Å²) in [6, 6.07) is 0. The Morgan fingerprint density at radius 2 is 1.76 bits per heavy atom. The first-order chi connectivity index (χ1) is 11.8. The molecule has 0 radical (unpaired) electrons. The molecule has 2 heterocycles. The van der Waals surface area contributed by atoms with Crippen LogP contribution in [0.5, 0.6) is 0 Å². The Balaban J connectivity index is 2.14. The molecule has 0 fully saturated rings. The normalized spacial score (nSPS) is 13.1. The lowest BCUT2D eigenvalue weighted by molar-refractivity contribution is 0.00893. The average Bonchev–Trinajstić information content (AvgIpc) is 2.93. The van der Waals surface area contributed by atoms with Crippen LogP contribution >= 0.6 is 0 Å².